The summed E-state index contributed by atoms with van der Waals surface area (Å²) < 4.78 is 0. The Morgan fingerprint density at radius 2 is 2.38 bits per heavy atom. The van der Waals surface area contributed by atoms with Crippen LogP contribution in [0.2, 0.25) is 0 Å². The van der Waals surface area contributed by atoms with Gasteiger partial charge in [-0.05, 0) is 19.3 Å². The Kier molecular flexibility index (Phi) is 4.74. The SMILES string of the molecule is CCCCC#CC1(C(=O)O)CCCN1OO. The summed E-state index contributed by atoms with van der Waals surface area (Å²) in [7, 11) is 0. The molecule has 0 aromatic heterocycles. The molecule has 2 N–H and O–H groups in total. The second-order valence-corrected chi connectivity index (χ2v) is 3.86. The van der Waals surface area contributed by atoms with E-state index < -0.39 is 11.5 Å². The zero-order valence-corrected chi connectivity index (χ0v) is 9.40. The summed E-state index contributed by atoms with van der Waals surface area (Å²) in [5.41, 5.74) is -1.37. The first-order valence-electron chi connectivity index (χ1n) is 5.50. The van der Waals surface area contributed by atoms with Gasteiger partial charge in [-0.2, -0.15) is 0 Å². The van der Waals surface area contributed by atoms with Gasteiger partial charge in [-0.25, -0.2) is 10.1 Å². The maximum atomic E-state index is 11.2. The molecule has 1 aliphatic heterocycles. The van der Waals surface area contributed by atoms with E-state index >= 15 is 0 Å². The van der Waals surface area contributed by atoms with Gasteiger partial charge < -0.3 is 5.11 Å². The maximum Gasteiger partial charge on any atom is 0.339 e. The van der Waals surface area contributed by atoms with Crippen molar-refractivity contribution in [2.45, 2.75) is 44.6 Å². The Labute approximate surface area is 94.9 Å². The number of carboxylic acids is 1. The number of hydrogen-bond acceptors (Lipinski definition) is 4. The van der Waals surface area contributed by atoms with E-state index in [1.54, 1.807) is 0 Å². The Morgan fingerprint density at radius 3 is 2.94 bits per heavy atom. The number of carbonyl (C=O) groups is 1. The average Bonchev–Trinajstić information content (AvgIpc) is 2.68. The molecule has 1 fully saturated rings. The highest BCUT2D eigenvalue weighted by molar-refractivity contribution is 5.83. The van der Waals surface area contributed by atoms with Crippen molar-refractivity contribution in [2.24, 2.45) is 0 Å². The molecule has 90 valence electrons. The van der Waals surface area contributed by atoms with Gasteiger partial charge in [-0.15, -0.1) is 16.0 Å². The van der Waals surface area contributed by atoms with Crippen LogP contribution in [-0.2, 0) is 9.78 Å². The number of aliphatic carboxylic acids is 1. The van der Waals surface area contributed by atoms with Crippen molar-refractivity contribution >= 4 is 5.97 Å². The van der Waals surface area contributed by atoms with Crippen LogP contribution in [0.5, 0.6) is 0 Å². The quantitative estimate of drug-likeness (QED) is 0.329. The third-order valence-electron chi connectivity index (χ3n) is 2.73. The molecule has 1 atom stereocenters. The molecule has 0 spiro atoms. The summed E-state index contributed by atoms with van der Waals surface area (Å²) in [6.45, 7) is 2.43. The fraction of sp³-hybridized carbons (Fsp3) is 0.727. The number of unbranched alkanes of at least 4 members (excludes halogenated alkanes) is 2. The van der Waals surface area contributed by atoms with E-state index in [2.05, 4.69) is 16.8 Å². The van der Waals surface area contributed by atoms with E-state index in [9.17, 15) is 9.90 Å². The van der Waals surface area contributed by atoms with Gasteiger partial charge in [0.2, 0.25) is 5.54 Å². The van der Waals surface area contributed by atoms with Crippen LogP contribution in [0.3, 0.4) is 0 Å². The number of nitrogens with zero attached hydrogens (tertiary/aromatic N) is 1. The molecule has 1 aliphatic rings. The molecule has 5 nitrogen and oxygen atoms in total. The van der Waals surface area contributed by atoms with Crippen molar-refractivity contribution in [1.82, 2.24) is 5.06 Å². The monoisotopic (exact) mass is 227 g/mol. The molecule has 0 aliphatic carbocycles. The summed E-state index contributed by atoms with van der Waals surface area (Å²) in [5, 5.41) is 18.9. The lowest BCUT2D eigenvalue weighted by atomic mass is 9.98. The van der Waals surface area contributed by atoms with Gasteiger partial charge in [-0.1, -0.05) is 19.3 Å². The maximum absolute atomic E-state index is 11.2. The minimum Gasteiger partial charge on any atom is -0.479 e. The highest BCUT2D eigenvalue weighted by Crippen LogP contribution is 2.29. The predicted octanol–water partition coefficient (Wildman–Crippen LogP) is 1.50. The summed E-state index contributed by atoms with van der Waals surface area (Å²) in [6.07, 6.45) is 3.67. The smallest absolute Gasteiger partial charge is 0.339 e. The highest BCUT2D eigenvalue weighted by Gasteiger charge is 2.48. The van der Waals surface area contributed by atoms with E-state index in [1.165, 1.54) is 0 Å². The first-order chi connectivity index (χ1) is 7.67. The molecule has 1 unspecified atom stereocenters. The first kappa shape index (κ1) is 13.0. The van der Waals surface area contributed by atoms with Gasteiger partial charge in [0.25, 0.3) is 0 Å². The van der Waals surface area contributed by atoms with Crippen LogP contribution in [0.25, 0.3) is 0 Å². The Bertz CT molecular complexity index is 307. The number of carboxylic acid groups (broad SMARTS) is 1. The minimum atomic E-state index is -1.37. The van der Waals surface area contributed by atoms with Crippen LogP contribution in [0, 0.1) is 11.8 Å². The first-order valence-corrected chi connectivity index (χ1v) is 5.50. The third-order valence-corrected chi connectivity index (χ3v) is 2.73. The van der Waals surface area contributed by atoms with Crippen molar-refractivity contribution in [3.63, 3.8) is 0 Å². The van der Waals surface area contributed by atoms with Gasteiger partial charge in [0.05, 0.1) is 0 Å². The molecule has 0 radical (unpaired) electrons. The third kappa shape index (κ3) is 2.53. The van der Waals surface area contributed by atoms with Gasteiger partial charge in [-0.3, -0.25) is 0 Å². The zero-order valence-electron chi connectivity index (χ0n) is 9.40. The molecular weight excluding hydrogens is 210 g/mol. The van der Waals surface area contributed by atoms with Crippen molar-refractivity contribution < 1.29 is 20.1 Å². The lowest BCUT2D eigenvalue weighted by Gasteiger charge is -2.25. The van der Waals surface area contributed by atoms with Crippen LogP contribution in [0.1, 0.15) is 39.0 Å². The van der Waals surface area contributed by atoms with Crippen molar-refractivity contribution in [3.05, 3.63) is 0 Å². The average molecular weight is 227 g/mol. The van der Waals surface area contributed by atoms with E-state index in [1.807, 2.05) is 6.92 Å². The standard InChI is InChI=1S/C11H17NO4/c1-2-3-4-5-7-11(10(13)14)8-6-9-12(11)16-15/h15H,2-4,6,8-9H2,1H3,(H,13,14). The van der Waals surface area contributed by atoms with Crippen LogP contribution < -0.4 is 0 Å². The molecule has 0 amide bonds. The van der Waals surface area contributed by atoms with Crippen LogP contribution in [0.15, 0.2) is 0 Å². The molecular formula is C11H17NO4. The van der Waals surface area contributed by atoms with E-state index in [4.69, 9.17) is 5.26 Å². The van der Waals surface area contributed by atoms with Gasteiger partial charge >= 0.3 is 5.97 Å². The van der Waals surface area contributed by atoms with Gasteiger partial charge in [0, 0.05) is 13.0 Å². The fourth-order valence-corrected chi connectivity index (χ4v) is 1.77. The predicted molar refractivity (Wildman–Crippen MR) is 57.3 cm³/mol. The molecule has 1 heterocycles. The second-order valence-electron chi connectivity index (χ2n) is 3.86. The Balaban J connectivity index is 2.79. The lowest BCUT2D eigenvalue weighted by molar-refractivity contribution is -0.406. The lowest BCUT2D eigenvalue weighted by Crippen LogP contribution is -2.48. The van der Waals surface area contributed by atoms with Gasteiger partial charge in [0.1, 0.15) is 0 Å². The molecule has 1 saturated heterocycles. The highest BCUT2D eigenvalue weighted by atomic mass is 17.2. The number of hydrogen-bond donors (Lipinski definition) is 2. The summed E-state index contributed by atoms with van der Waals surface area (Å²) >= 11 is 0. The van der Waals surface area contributed by atoms with E-state index in [0.717, 1.165) is 17.9 Å². The molecule has 0 aromatic rings. The molecule has 0 bridgehead atoms. The Hall–Kier alpha value is -1.09. The van der Waals surface area contributed by atoms with Crippen LogP contribution in [-0.4, -0.2) is 33.5 Å². The number of rotatable bonds is 4. The van der Waals surface area contributed by atoms with Crippen molar-refractivity contribution in [1.29, 1.82) is 0 Å². The van der Waals surface area contributed by atoms with E-state index in [-0.39, 0.29) is 0 Å². The number of hydroxylamine groups is 2. The second kappa shape index (κ2) is 5.85. The molecule has 1 rings (SSSR count). The molecule has 5 heteroatoms. The van der Waals surface area contributed by atoms with E-state index in [0.29, 0.717) is 25.8 Å². The Morgan fingerprint density at radius 1 is 1.62 bits per heavy atom. The van der Waals surface area contributed by atoms with Gasteiger partial charge in [0.15, 0.2) is 0 Å². The van der Waals surface area contributed by atoms with Crippen molar-refractivity contribution in [2.75, 3.05) is 6.54 Å². The largest absolute Gasteiger partial charge is 0.479 e. The topological polar surface area (TPSA) is 70.0 Å². The normalized spacial score (nSPS) is 25.1. The fourth-order valence-electron chi connectivity index (χ4n) is 1.77. The minimum absolute atomic E-state index is 0.377. The molecule has 0 saturated carbocycles. The summed E-state index contributed by atoms with van der Waals surface area (Å²) in [5.74, 6) is 4.51. The zero-order chi connectivity index (χ0) is 12.0. The van der Waals surface area contributed by atoms with Crippen LogP contribution >= 0.6 is 0 Å². The molecule has 16 heavy (non-hydrogen) atoms. The molecule has 0 aromatic carbocycles. The van der Waals surface area contributed by atoms with Crippen LogP contribution in [0.4, 0.5) is 0 Å². The summed E-state index contributed by atoms with van der Waals surface area (Å²) in [6, 6.07) is 0. The van der Waals surface area contributed by atoms with Crippen molar-refractivity contribution in [3.8, 4) is 11.8 Å². The summed E-state index contributed by atoms with van der Waals surface area (Å²) in [4.78, 5) is 15.3.